The van der Waals surface area contributed by atoms with Crippen molar-refractivity contribution in [3.8, 4) is 0 Å². The van der Waals surface area contributed by atoms with Crippen LogP contribution in [-0.4, -0.2) is 22.2 Å². The van der Waals surface area contributed by atoms with Gasteiger partial charge in [-0.3, -0.25) is 9.69 Å². The Labute approximate surface area is 168 Å². The Bertz CT molecular complexity index is 1060. The first-order valence-corrected chi connectivity index (χ1v) is 10.0. The fourth-order valence-corrected chi connectivity index (χ4v) is 4.02. The molecule has 1 aliphatic heterocycles. The molecule has 0 atom stereocenters. The van der Waals surface area contributed by atoms with Gasteiger partial charge in [0.15, 0.2) is 5.17 Å². The predicted octanol–water partition coefficient (Wildman–Crippen LogP) is 4.99. The van der Waals surface area contributed by atoms with Crippen LogP contribution < -0.4 is 0 Å². The molecule has 1 aliphatic rings. The van der Waals surface area contributed by atoms with E-state index in [0.717, 1.165) is 16.6 Å². The van der Waals surface area contributed by atoms with Gasteiger partial charge in [0, 0.05) is 10.4 Å². The number of furan rings is 1. The molecule has 8 heteroatoms. The van der Waals surface area contributed by atoms with Crippen molar-refractivity contribution in [2.24, 2.45) is 10.2 Å². The van der Waals surface area contributed by atoms with Crippen molar-refractivity contribution in [3.05, 3.63) is 87.1 Å². The van der Waals surface area contributed by atoms with E-state index in [2.05, 4.69) is 10.2 Å². The van der Waals surface area contributed by atoms with Crippen LogP contribution in [0.3, 0.4) is 0 Å². The number of hydrogen-bond donors (Lipinski definition) is 0. The van der Waals surface area contributed by atoms with E-state index >= 15 is 0 Å². The molecule has 4 rings (SSSR count). The van der Waals surface area contributed by atoms with Crippen molar-refractivity contribution in [2.75, 3.05) is 0 Å². The van der Waals surface area contributed by atoms with Crippen molar-refractivity contribution in [2.45, 2.75) is 6.54 Å². The van der Waals surface area contributed by atoms with Gasteiger partial charge >= 0.3 is 0 Å². The highest BCUT2D eigenvalue weighted by Crippen LogP contribution is 2.34. The molecular weight excluding hydrogens is 397 g/mol. The summed E-state index contributed by atoms with van der Waals surface area (Å²) in [6.45, 7) is 0.223. The van der Waals surface area contributed by atoms with Crippen LogP contribution >= 0.6 is 23.1 Å². The standard InChI is InChI=1S/C20H14FN3O2S2/c21-17-8-2-1-5-14(17)11-18-19(25)24(13-15-6-3-9-26-15)20(28-18)23-22-12-16-7-4-10-27-16/h1-12H,13H2/b18-11-,22-12-,23-20+. The molecule has 0 bridgehead atoms. The molecule has 0 N–H and O–H groups in total. The van der Waals surface area contributed by atoms with Crippen molar-refractivity contribution < 1.29 is 13.6 Å². The Balaban J connectivity index is 1.64. The second kappa shape index (κ2) is 8.37. The summed E-state index contributed by atoms with van der Waals surface area (Å²) in [6.07, 6.45) is 4.71. The molecule has 3 heterocycles. The average molecular weight is 411 g/mol. The summed E-state index contributed by atoms with van der Waals surface area (Å²) < 4.78 is 19.3. The molecule has 140 valence electrons. The zero-order chi connectivity index (χ0) is 19.3. The molecule has 1 fully saturated rings. The van der Waals surface area contributed by atoms with Gasteiger partial charge in [0.2, 0.25) is 0 Å². The van der Waals surface area contributed by atoms with Gasteiger partial charge in [0.1, 0.15) is 11.6 Å². The third-order valence-electron chi connectivity index (χ3n) is 3.85. The highest BCUT2D eigenvalue weighted by molar-refractivity contribution is 8.18. The van der Waals surface area contributed by atoms with Crippen molar-refractivity contribution in [1.29, 1.82) is 0 Å². The number of nitrogens with zero attached hydrogens (tertiary/aromatic N) is 3. The van der Waals surface area contributed by atoms with E-state index < -0.39 is 0 Å². The second-order valence-electron chi connectivity index (χ2n) is 5.75. The summed E-state index contributed by atoms with van der Waals surface area (Å²) in [5, 5.41) is 10.7. The number of amidine groups is 1. The maximum absolute atomic E-state index is 14.0. The van der Waals surface area contributed by atoms with Gasteiger partial charge in [-0.2, -0.15) is 5.10 Å². The zero-order valence-electron chi connectivity index (χ0n) is 14.5. The molecule has 2 aromatic heterocycles. The SMILES string of the molecule is O=C1/C(=C/c2ccccc2F)S/C(=N/N=C\c2cccs2)N1Cc1ccco1. The van der Waals surface area contributed by atoms with Crippen LogP contribution in [0.25, 0.3) is 6.08 Å². The number of thioether (sulfide) groups is 1. The topological polar surface area (TPSA) is 58.2 Å². The number of benzene rings is 1. The van der Waals surface area contributed by atoms with Crippen LogP contribution in [0.2, 0.25) is 0 Å². The molecule has 0 spiro atoms. The summed E-state index contributed by atoms with van der Waals surface area (Å²) in [5.41, 5.74) is 0.347. The molecule has 1 aromatic carbocycles. The third kappa shape index (κ3) is 4.13. The van der Waals surface area contributed by atoms with Gasteiger partial charge in [0.05, 0.1) is 23.9 Å². The maximum Gasteiger partial charge on any atom is 0.267 e. The van der Waals surface area contributed by atoms with E-state index in [-0.39, 0.29) is 18.3 Å². The number of carbonyl (C=O) groups excluding carboxylic acids is 1. The lowest BCUT2D eigenvalue weighted by atomic mass is 10.2. The maximum atomic E-state index is 14.0. The number of carbonyl (C=O) groups is 1. The molecule has 5 nitrogen and oxygen atoms in total. The van der Waals surface area contributed by atoms with Gasteiger partial charge in [-0.1, -0.05) is 24.3 Å². The van der Waals surface area contributed by atoms with E-state index in [1.807, 2.05) is 17.5 Å². The van der Waals surface area contributed by atoms with Gasteiger partial charge in [-0.25, -0.2) is 4.39 Å². The van der Waals surface area contributed by atoms with Crippen molar-refractivity contribution in [3.63, 3.8) is 0 Å². The first-order valence-electron chi connectivity index (χ1n) is 8.33. The van der Waals surface area contributed by atoms with Crippen LogP contribution in [0.4, 0.5) is 4.39 Å². The van der Waals surface area contributed by atoms with E-state index in [1.54, 1.807) is 54.1 Å². The normalized spacial score (nSPS) is 17.5. The molecular formula is C20H14FN3O2S2. The summed E-state index contributed by atoms with van der Waals surface area (Å²) in [4.78, 5) is 15.7. The van der Waals surface area contributed by atoms with Gasteiger partial charge in [0.25, 0.3) is 5.91 Å². The molecule has 1 amide bonds. The fourth-order valence-electron chi connectivity index (χ4n) is 2.51. The largest absolute Gasteiger partial charge is 0.467 e. The van der Waals surface area contributed by atoms with E-state index in [9.17, 15) is 9.18 Å². The fraction of sp³-hybridized carbons (Fsp3) is 0.0500. The van der Waals surface area contributed by atoms with Crippen LogP contribution in [0.5, 0.6) is 0 Å². The minimum absolute atomic E-state index is 0.223. The second-order valence-corrected chi connectivity index (χ2v) is 7.73. The summed E-state index contributed by atoms with van der Waals surface area (Å²) in [7, 11) is 0. The van der Waals surface area contributed by atoms with Gasteiger partial charge in [-0.15, -0.1) is 16.4 Å². The molecule has 1 saturated heterocycles. The van der Waals surface area contributed by atoms with E-state index in [1.165, 1.54) is 17.0 Å². The number of amides is 1. The van der Waals surface area contributed by atoms with Gasteiger partial charge < -0.3 is 4.42 Å². The highest BCUT2D eigenvalue weighted by Gasteiger charge is 2.34. The Morgan fingerprint density at radius 1 is 1.14 bits per heavy atom. The predicted molar refractivity (Wildman–Crippen MR) is 111 cm³/mol. The minimum atomic E-state index is -0.387. The molecule has 0 saturated carbocycles. The van der Waals surface area contributed by atoms with Crippen molar-refractivity contribution in [1.82, 2.24) is 4.90 Å². The first-order chi connectivity index (χ1) is 13.7. The molecule has 0 aliphatic carbocycles. The highest BCUT2D eigenvalue weighted by atomic mass is 32.2. The molecule has 0 radical (unpaired) electrons. The number of thiophene rings is 1. The van der Waals surface area contributed by atoms with Crippen molar-refractivity contribution >= 4 is 46.5 Å². The quantitative estimate of drug-likeness (QED) is 0.338. The van der Waals surface area contributed by atoms with Gasteiger partial charge in [-0.05, 0) is 47.5 Å². The summed E-state index contributed by atoms with van der Waals surface area (Å²) in [6, 6.07) is 13.7. The summed E-state index contributed by atoms with van der Waals surface area (Å²) in [5.74, 6) is -0.0344. The van der Waals surface area contributed by atoms with Crippen LogP contribution in [0.15, 0.2) is 79.7 Å². The van der Waals surface area contributed by atoms with E-state index in [0.29, 0.717) is 21.4 Å². The molecule has 0 unspecified atom stereocenters. The average Bonchev–Trinajstić information content (AvgIpc) is 3.44. The number of halogens is 1. The number of rotatable bonds is 5. The molecule has 3 aromatic rings. The third-order valence-corrected chi connectivity index (χ3v) is 5.65. The van der Waals surface area contributed by atoms with Crippen LogP contribution in [0, 0.1) is 5.82 Å². The minimum Gasteiger partial charge on any atom is -0.467 e. The Morgan fingerprint density at radius 3 is 2.79 bits per heavy atom. The van der Waals surface area contributed by atoms with Crippen LogP contribution in [0.1, 0.15) is 16.2 Å². The first kappa shape index (κ1) is 18.4. The van der Waals surface area contributed by atoms with Crippen LogP contribution in [-0.2, 0) is 11.3 Å². The lowest BCUT2D eigenvalue weighted by Crippen LogP contribution is -2.28. The Hall–Kier alpha value is -2.97. The Morgan fingerprint density at radius 2 is 2.04 bits per heavy atom. The monoisotopic (exact) mass is 411 g/mol. The molecule has 28 heavy (non-hydrogen) atoms. The van der Waals surface area contributed by atoms with E-state index in [4.69, 9.17) is 4.42 Å². The smallest absolute Gasteiger partial charge is 0.267 e. The summed E-state index contributed by atoms with van der Waals surface area (Å²) >= 11 is 2.70. The Kier molecular flexibility index (Phi) is 5.50. The number of hydrogen-bond acceptors (Lipinski definition) is 6. The lowest BCUT2D eigenvalue weighted by Gasteiger charge is -2.12. The zero-order valence-corrected chi connectivity index (χ0v) is 16.1. The lowest BCUT2D eigenvalue weighted by molar-refractivity contribution is -0.122.